The van der Waals surface area contributed by atoms with E-state index in [0.29, 0.717) is 12.1 Å². The van der Waals surface area contributed by atoms with E-state index in [4.69, 9.17) is 0 Å². The maximum absolute atomic E-state index is 13.3. The average Bonchev–Trinajstić information content (AvgIpc) is 3.06. The number of nitrogens with one attached hydrogen (secondary N) is 1. The van der Waals surface area contributed by atoms with Crippen LogP contribution in [0.3, 0.4) is 0 Å². The molecule has 7 heteroatoms. The second-order valence-electron chi connectivity index (χ2n) is 6.37. The Bertz CT molecular complexity index is 708. The summed E-state index contributed by atoms with van der Waals surface area (Å²) < 4.78 is 0. The van der Waals surface area contributed by atoms with Gasteiger partial charge in [-0.15, -0.1) is 36.2 Å². The van der Waals surface area contributed by atoms with Crippen LogP contribution < -0.4 is 5.32 Å². The number of carbonyl (C=O) groups is 1. The van der Waals surface area contributed by atoms with Crippen molar-refractivity contribution < 1.29 is 4.79 Å². The van der Waals surface area contributed by atoms with Gasteiger partial charge in [0.15, 0.2) is 0 Å². The van der Waals surface area contributed by atoms with Gasteiger partial charge in [0.1, 0.15) is 4.88 Å². The average molecular weight is 400 g/mol. The highest BCUT2D eigenvalue weighted by molar-refractivity contribution is 7.14. The number of aryl methyl sites for hydroxylation is 1. The number of nitrogens with zero attached hydrogens (tertiary/aromatic N) is 2. The zero-order valence-electron chi connectivity index (χ0n) is 14.1. The van der Waals surface area contributed by atoms with Crippen LogP contribution in [-0.2, 0) is 0 Å². The first-order valence-electron chi connectivity index (χ1n) is 8.30. The van der Waals surface area contributed by atoms with Crippen LogP contribution in [0.4, 0.5) is 0 Å². The zero-order chi connectivity index (χ0) is 15.8. The minimum Gasteiger partial charge on any atom is -0.331 e. The van der Waals surface area contributed by atoms with E-state index < -0.39 is 0 Å². The van der Waals surface area contributed by atoms with Crippen molar-refractivity contribution in [2.75, 3.05) is 13.1 Å². The van der Waals surface area contributed by atoms with Gasteiger partial charge in [0.25, 0.3) is 5.91 Å². The lowest BCUT2D eigenvalue weighted by Gasteiger charge is -2.27. The van der Waals surface area contributed by atoms with Gasteiger partial charge in [-0.3, -0.25) is 4.79 Å². The molecule has 2 aliphatic rings. The van der Waals surface area contributed by atoms with Crippen LogP contribution >= 0.6 is 36.2 Å². The fraction of sp³-hybridized carbons (Fsp3) is 0.444. The Morgan fingerprint density at radius 1 is 1.16 bits per heavy atom. The molecule has 2 fully saturated rings. The molecule has 2 aromatic rings. The number of hydrogen-bond donors (Lipinski definition) is 1. The van der Waals surface area contributed by atoms with Crippen LogP contribution in [0.2, 0.25) is 0 Å². The zero-order valence-corrected chi connectivity index (χ0v) is 16.6. The highest BCUT2D eigenvalue weighted by atomic mass is 35.5. The van der Waals surface area contributed by atoms with E-state index in [-0.39, 0.29) is 30.7 Å². The Kier molecular flexibility index (Phi) is 6.86. The number of rotatable bonds is 2. The predicted molar refractivity (Wildman–Crippen MR) is 107 cm³/mol. The number of carbonyl (C=O) groups excluding carboxylic acids is 1. The lowest BCUT2D eigenvalue weighted by molar-refractivity contribution is 0.0686. The smallest absolute Gasteiger partial charge is 0.266 e. The summed E-state index contributed by atoms with van der Waals surface area (Å²) in [4.78, 5) is 20.9. The molecule has 1 aromatic heterocycles. The summed E-state index contributed by atoms with van der Waals surface area (Å²) in [7, 11) is 0. The maximum Gasteiger partial charge on any atom is 0.266 e. The molecular formula is C18H23Cl2N3OS. The number of amides is 1. The van der Waals surface area contributed by atoms with Gasteiger partial charge in [0.05, 0.1) is 10.7 Å². The van der Waals surface area contributed by atoms with Crippen LogP contribution in [0.1, 0.15) is 33.9 Å². The van der Waals surface area contributed by atoms with Crippen LogP contribution in [0, 0.1) is 6.92 Å². The summed E-state index contributed by atoms with van der Waals surface area (Å²) in [5.41, 5.74) is 1.87. The van der Waals surface area contributed by atoms with E-state index >= 15 is 0 Å². The van der Waals surface area contributed by atoms with Gasteiger partial charge in [0, 0.05) is 24.2 Å². The van der Waals surface area contributed by atoms with Crippen molar-refractivity contribution >= 4 is 42.1 Å². The van der Waals surface area contributed by atoms with E-state index in [1.165, 1.54) is 11.3 Å². The molecule has 0 radical (unpaired) electrons. The molecule has 0 saturated carbocycles. The predicted octanol–water partition coefficient (Wildman–Crippen LogP) is 3.93. The highest BCUT2D eigenvalue weighted by Gasteiger charge is 2.39. The summed E-state index contributed by atoms with van der Waals surface area (Å²) >= 11 is 1.53. The van der Waals surface area contributed by atoms with E-state index in [1.807, 2.05) is 37.3 Å². The van der Waals surface area contributed by atoms with E-state index in [2.05, 4.69) is 15.2 Å². The van der Waals surface area contributed by atoms with Gasteiger partial charge in [-0.2, -0.15) is 0 Å². The van der Waals surface area contributed by atoms with Crippen molar-refractivity contribution in [3.05, 3.63) is 40.2 Å². The molecule has 1 aromatic carbocycles. The first-order chi connectivity index (χ1) is 11.2. The Labute approximate surface area is 164 Å². The van der Waals surface area contributed by atoms with Crippen molar-refractivity contribution in [1.82, 2.24) is 15.2 Å². The van der Waals surface area contributed by atoms with Crippen molar-refractivity contribution in [2.24, 2.45) is 0 Å². The molecule has 4 nitrogen and oxygen atoms in total. The Morgan fingerprint density at radius 3 is 2.64 bits per heavy atom. The van der Waals surface area contributed by atoms with Crippen LogP contribution in [0.5, 0.6) is 0 Å². The first kappa shape index (κ1) is 20.2. The molecule has 1 N–H and O–H groups in total. The third kappa shape index (κ3) is 3.85. The third-order valence-electron chi connectivity index (χ3n) is 4.86. The standard InChI is InChI=1S/C18H21N3OS.2ClH/c1-12-20-16(13-5-3-2-4-6-13)17(23-12)18(22)21-14-7-8-15(21)11-19-10-9-14;;/h2-6,14-15,19H,7-11H2,1H3;2*1H. The van der Waals surface area contributed by atoms with Gasteiger partial charge in [-0.1, -0.05) is 30.3 Å². The maximum atomic E-state index is 13.3. The minimum absolute atomic E-state index is 0. The van der Waals surface area contributed by atoms with Crippen molar-refractivity contribution in [3.63, 3.8) is 0 Å². The fourth-order valence-corrected chi connectivity index (χ4v) is 4.68. The number of hydrogen-bond acceptors (Lipinski definition) is 4. The molecule has 0 spiro atoms. The molecule has 3 heterocycles. The van der Waals surface area contributed by atoms with E-state index in [1.54, 1.807) is 0 Å². The molecule has 136 valence electrons. The van der Waals surface area contributed by atoms with Gasteiger partial charge >= 0.3 is 0 Å². The summed E-state index contributed by atoms with van der Waals surface area (Å²) in [5, 5.41) is 4.41. The molecule has 2 atom stereocenters. The second-order valence-corrected chi connectivity index (χ2v) is 7.57. The third-order valence-corrected chi connectivity index (χ3v) is 5.82. The first-order valence-corrected chi connectivity index (χ1v) is 9.12. The molecule has 4 rings (SSSR count). The number of halogens is 2. The molecule has 2 saturated heterocycles. The number of thiazole rings is 1. The van der Waals surface area contributed by atoms with Crippen LogP contribution in [0.15, 0.2) is 30.3 Å². The number of benzene rings is 1. The van der Waals surface area contributed by atoms with E-state index in [0.717, 1.165) is 53.5 Å². The monoisotopic (exact) mass is 399 g/mol. The van der Waals surface area contributed by atoms with E-state index in [9.17, 15) is 4.79 Å². The Morgan fingerprint density at radius 2 is 1.88 bits per heavy atom. The lowest BCUT2D eigenvalue weighted by atomic mass is 10.1. The normalized spacial score (nSPS) is 21.9. The highest BCUT2D eigenvalue weighted by Crippen LogP contribution is 2.34. The molecule has 1 amide bonds. The minimum atomic E-state index is 0. The SMILES string of the molecule is Cc1nc(-c2ccccc2)c(C(=O)N2C3CCNCC2CC3)s1.Cl.Cl. The summed E-state index contributed by atoms with van der Waals surface area (Å²) in [6.45, 7) is 3.91. The number of aromatic nitrogens is 1. The van der Waals surface area contributed by atoms with Crippen molar-refractivity contribution in [1.29, 1.82) is 0 Å². The van der Waals surface area contributed by atoms with Crippen LogP contribution in [-0.4, -0.2) is 41.0 Å². The largest absolute Gasteiger partial charge is 0.331 e. The Balaban J connectivity index is 0.00000113. The molecular weight excluding hydrogens is 377 g/mol. The molecule has 2 bridgehead atoms. The second kappa shape index (κ2) is 8.49. The van der Waals surface area contributed by atoms with Crippen molar-refractivity contribution in [3.8, 4) is 11.3 Å². The molecule has 25 heavy (non-hydrogen) atoms. The quantitative estimate of drug-likeness (QED) is 0.831. The van der Waals surface area contributed by atoms with Gasteiger partial charge in [-0.25, -0.2) is 4.98 Å². The topological polar surface area (TPSA) is 45.2 Å². The summed E-state index contributed by atoms with van der Waals surface area (Å²) in [6.07, 6.45) is 3.30. The molecule has 2 aliphatic heterocycles. The molecule has 0 aliphatic carbocycles. The Hall–Kier alpha value is -1.14. The molecule has 2 unspecified atom stereocenters. The van der Waals surface area contributed by atoms with Gasteiger partial charge in [0.2, 0.25) is 0 Å². The summed E-state index contributed by atoms with van der Waals surface area (Å²) in [5.74, 6) is 0.172. The van der Waals surface area contributed by atoms with Gasteiger partial charge < -0.3 is 10.2 Å². The fourth-order valence-electron chi connectivity index (χ4n) is 3.79. The number of fused-ring (bicyclic) bond motifs is 2. The van der Waals surface area contributed by atoms with Crippen LogP contribution in [0.25, 0.3) is 11.3 Å². The lowest BCUT2D eigenvalue weighted by Crippen LogP contribution is -2.42. The van der Waals surface area contributed by atoms with Gasteiger partial charge in [-0.05, 0) is 32.7 Å². The summed E-state index contributed by atoms with van der Waals surface area (Å²) in [6, 6.07) is 10.8. The van der Waals surface area contributed by atoms with Crippen molar-refractivity contribution in [2.45, 2.75) is 38.3 Å².